The van der Waals surface area contributed by atoms with Gasteiger partial charge < -0.3 is 15.2 Å². The van der Waals surface area contributed by atoms with E-state index in [1.54, 1.807) is 0 Å². The van der Waals surface area contributed by atoms with Gasteiger partial charge in [0.1, 0.15) is 0 Å². The van der Waals surface area contributed by atoms with Crippen molar-refractivity contribution in [3.8, 4) is 0 Å². The monoisotopic (exact) mass is 143 g/mol. The predicted octanol–water partition coefficient (Wildman–Crippen LogP) is 0.241. The Labute approximate surface area is 60.5 Å². The van der Waals surface area contributed by atoms with Gasteiger partial charge in [0, 0.05) is 6.42 Å². The van der Waals surface area contributed by atoms with Crippen LogP contribution in [0, 0.1) is 0 Å². The van der Waals surface area contributed by atoms with Crippen molar-refractivity contribution in [2.75, 3.05) is 13.2 Å². The number of ether oxygens (including phenoxy) is 2. The lowest BCUT2D eigenvalue weighted by molar-refractivity contribution is -0.159. The first kappa shape index (κ1) is 6.58. The molecule has 10 heavy (non-hydrogen) atoms. The first-order chi connectivity index (χ1) is 4.83. The molecule has 0 unspecified atom stereocenters. The number of nitrogens with two attached hydrogens (primary N) is 1. The molecule has 2 N–H and O–H groups in total. The Morgan fingerprint density at radius 3 is 2.50 bits per heavy atom. The van der Waals surface area contributed by atoms with E-state index in [9.17, 15) is 0 Å². The highest BCUT2D eigenvalue weighted by atomic mass is 16.7. The number of hydrogen-bond donors (Lipinski definition) is 1. The second kappa shape index (κ2) is 2.19. The van der Waals surface area contributed by atoms with E-state index in [0.29, 0.717) is 13.2 Å². The van der Waals surface area contributed by atoms with Crippen molar-refractivity contribution >= 4 is 0 Å². The molecule has 2 rings (SSSR count). The lowest BCUT2D eigenvalue weighted by Gasteiger charge is -2.25. The van der Waals surface area contributed by atoms with Crippen LogP contribution < -0.4 is 5.73 Å². The molecule has 3 heteroatoms. The highest BCUT2D eigenvalue weighted by Gasteiger charge is 2.45. The molecular formula is C7H13NO2. The fraction of sp³-hybridized carbons (Fsp3) is 1.00. The Kier molecular flexibility index (Phi) is 1.44. The van der Waals surface area contributed by atoms with Crippen molar-refractivity contribution in [3.05, 3.63) is 0 Å². The van der Waals surface area contributed by atoms with Crippen LogP contribution in [0.2, 0.25) is 0 Å². The fourth-order valence-corrected chi connectivity index (χ4v) is 1.80. The second-order valence-electron chi connectivity index (χ2n) is 3.01. The third-order valence-corrected chi connectivity index (χ3v) is 2.38. The molecule has 0 aromatic heterocycles. The predicted molar refractivity (Wildman–Crippen MR) is 36.5 cm³/mol. The Balaban J connectivity index is 2.11. The quantitative estimate of drug-likeness (QED) is 0.528. The molecule has 1 saturated carbocycles. The van der Waals surface area contributed by atoms with Crippen molar-refractivity contribution in [2.24, 2.45) is 5.73 Å². The molecule has 1 heterocycles. The van der Waals surface area contributed by atoms with Crippen LogP contribution in [0.25, 0.3) is 0 Å². The summed E-state index contributed by atoms with van der Waals surface area (Å²) in [4.78, 5) is 0. The standard InChI is InChI=1S/C7H13NO2/c8-6-2-1-3-7(6)9-4-5-10-7/h6H,1-5,8H2/t6-/m0/s1. The summed E-state index contributed by atoms with van der Waals surface area (Å²) in [6, 6.07) is 0.106. The molecule has 1 aliphatic heterocycles. The van der Waals surface area contributed by atoms with Gasteiger partial charge in [0.2, 0.25) is 0 Å². The summed E-state index contributed by atoms with van der Waals surface area (Å²) in [7, 11) is 0. The summed E-state index contributed by atoms with van der Waals surface area (Å²) in [5.41, 5.74) is 5.82. The molecule has 1 aliphatic carbocycles. The molecule has 2 fully saturated rings. The molecule has 1 spiro atoms. The minimum absolute atomic E-state index is 0.106. The van der Waals surface area contributed by atoms with Crippen molar-refractivity contribution in [1.29, 1.82) is 0 Å². The molecule has 0 radical (unpaired) electrons. The molecule has 1 atom stereocenters. The number of rotatable bonds is 0. The molecule has 0 aromatic carbocycles. The van der Waals surface area contributed by atoms with E-state index in [4.69, 9.17) is 15.2 Å². The minimum Gasteiger partial charge on any atom is -0.346 e. The van der Waals surface area contributed by atoms with Crippen molar-refractivity contribution < 1.29 is 9.47 Å². The van der Waals surface area contributed by atoms with Crippen molar-refractivity contribution in [3.63, 3.8) is 0 Å². The Morgan fingerprint density at radius 1 is 1.30 bits per heavy atom. The molecule has 0 aromatic rings. The average molecular weight is 143 g/mol. The van der Waals surface area contributed by atoms with Crippen LogP contribution in [0.4, 0.5) is 0 Å². The van der Waals surface area contributed by atoms with Crippen LogP contribution in [-0.2, 0) is 9.47 Å². The largest absolute Gasteiger partial charge is 0.346 e. The zero-order chi connectivity index (χ0) is 7.03. The first-order valence-electron chi connectivity index (χ1n) is 3.87. The maximum absolute atomic E-state index is 5.82. The van der Waals surface area contributed by atoms with Crippen molar-refractivity contribution in [1.82, 2.24) is 0 Å². The van der Waals surface area contributed by atoms with Gasteiger partial charge in [-0.25, -0.2) is 0 Å². The van der Waals surface area contributed by atoms with Gasteiger partial charge >= 0.3 is 0 Å². The highest BCUT2D eigenvalue weighted by molar-refractivity contribution is 4.91. The maximum atomic E-state index is 5.82. The van der Waals surface area contributed by atoms with Gasteiger partial charge in [-0.15, -0.1) is 0 Å². The first-order valence-corrected chi connectivity index (χ1v) is 3.87. The fourth-order valence-electron chi connectivity index (χ4n) is 1.80. The third kappa shape index (κ3) is 0.779. The van der Waals surface area contributed by atoms with Crippen LogP contribution in [0.15, 0.2) is 0 Å². The summed E-state index contributed by atoms with van der Waals surface area (Å²) < 4.78 is 10.9. The smallest absolute Gasteiger partial charge is 0.183 e. The average Bonchev–Trinajstić information content (AvgIpc) is 2.48. The van der Waals surface area contributed by atoms with Gasteiger partial charge in [-0.1, -0.05) is 0 Å². The van der Waals surface area contributed by atoms with E-state index in [1.807, 2.05) is 0 Å². The second-order valence-corrected chi connectivity index (χ2v) is 3.01. The van der Waals surface area contributed by atoms with Crippen molar-refractivity contribution in [2.45, 2.75) is 31.1 Å². The molecule has 2 aliphatic rings. The lowest BCUT2D eigenvalue weighted by Crippen LogP contribution is -2.44. The van der Waals surface area contributed by atoms with Gasteiger partial charge in [-0.2, -0.15) is 0 Å². The zero-order valence-electron chi connectivity index (χ0n) is 6.01. The summed E-state index contributed by atoms with van der Waals surface area (Å²) in [6.07, 6.45) is 3.16. The molecule has 0 bridgehead atoms. The third-order valence-electron chi connectivity index (χ3n) is 2.38. The minimum atomic E-state index is -0.375. The van der Waals surface area contributed by atoms with E-state index < -0.39 is 0 Å². The van der Waals surface area contributed by atoms with Crippen LogP contribution >= 0.6 is 0 Å². The summed E-state index contributed by atoms with van der Waals surface area (Å²) in [5.74, 6) is -0.375. The molecule has 0 amide bonds. The van der Waals surface area contributed by atoms with Gasteiger partial charge in [-0.3, -0.25) is 0 Å². The molecule has 1 saturated heterocycles. The van der Waals surface area contributed by atoms with E-state index in [-0.39, 0.29) is 11.8 Å². The number of hydrogen-bond acceptors (Lipinski definition) is 3. The van der Waals surface area contributed by atoms with Crippen LogP contribution in [0.5, 0.6) is 0 Å². The molecular weight excluding hydrogens is 130 g/mol. The highest BCUT2D eigenvalue weighted by Crippen LogP contribution is 2.35. The Hall–Kier alpha value is -0.120. The van der Waals surface area contributed by atoms with Crippen LogP contribution in [-0.4, -0.2) is 25.0 Å². The lowest BCUT2D eigenvalue weighted by atomic mass is 10.2. The van der Waals surface area contributed by atoms with E-state index in [0.717, 1.165) is 19.3 Å². The summed E-state index contributed by atoms with van der Waals surface area (Å²) in [6.45, 7) is 1.43. The summed E-state index contributed by atoms with van der Waals surface area (Å²) in [5, 5.41) is 0. The van der Waals surface area contributed by atoms with E-state index >= 15 is 0 Å². The van der Waals surface area contributed by atoms with Crippen LogP contribution in [0.3, 0.4) is 0 Å². The van der Waals surface area contributed by atoms with Gasteiger partial charge in [0.25, 0.3) is 0 Å². The van der Waals surface area contributed by atoms with Gasteiger partial charge in [0.15, 0.2) is 5.79 Å². The Morgan fingerprint density at radius 2 is 2.00 bits per heavy atom. The van der Waals surface area contributed by atoms with Gasteiger partial charge in [0.05, 0.1) is 19.3 Å². The normalized spacial score (nSPS) is 37.5. The van der Waals surface area contributed by atoms with E-state index in [1.165, 1.54) is 0 Å². The SMILES string of the molecule is N[C@H]1CCCC12OCCO2. The topological polar surface area (TPSA) is 44.5 Å². The van der Waals surface area contributed by atoms with Crippen LogP contribution in [0.1, 0.15) is 19.3 Å². The summed E-state index contributed by atoms with van der Waals surface area (Å²) >= 11 is 0. The maximum Gasteiger partial charge on any atom is 0.183 e. The Bertz CT molecular complexity index is 126. The molecule has 3 nitrogen and oxygen atoms in total. The zero-order valence-corrected chi connectivity index (χ0v) is 6.01. The van der Waals surface area contributed by atoms with E-state index in [2.05, 4.69) is 0 Å². The van der Waals surface area contributed by atoms with Gasteiger partial charge in [-0.05, 0) is 12.8 Å². The molecule has 58 valence electrons.